The highest BCUT2D eigenvalue weighted by molar-refractivity contribution is 5.89. The number of primary amides is 1. The smallest absolute Gasteiger partial charge is 0.315 e. The van der Waals surface area contributed by atoms with Gasteiger partial charge in [0.2, 0.25) is 5.91 Å². The van der Waals surface area contributed by atoms with E-state index < -0.39 is 28.9 Å². The molecule has 5 N–H and O–H groups in total. The molecule has 0 unspecified atom stereocenters. The Morgan fingerprint density at radius 2 is 1.85 bits per heavy atom. The van der Waals surface area contributed by atoms with Crippen LogP contribution in [0.15, 0.2) is 0 Å². The van der Waals surface area contributed by atoms with Crippen LogP contribution in [-0.4, -0.2) is 48.3 Å². The van der Waals surface area contributed by atoms with Crippen molar-refractivity contribution < 1.29 is 24.2 Å². The molecular weight excluding hydrogens is 266 g/mol. The number of carbonyl (C=O) groups excluding carboxylic acids is 2. The Morgan fingerprint density at radius 3 is 2.30 bits per heavy atom. The first-order chi connectivity index (χ1) is 9.19. The Kier molecular flexibility index (Phi) is 4.93. The molecule has 1 rings (SSSR count). The molecule has 0 atom stereocenters. The fourth-order valence-corrected chi connectivity index (χ4v) is 1.87. The van der Waals surface area contributed by atoms with Crippen molar-refractivity contribution in [3.63, 3.8) is 0 Å². The van der Waals surface area contributed by atoms with Crippen LogP contribution < -0.4 is 16.4 Å². The van der Waals surface area contributed by atoms with Crippen LogP contribution in [0.4, 0.5) is 4.79 Å². The molecule has 1 fully saturated rings. The Labute approximate surface area is 117 Å². The molecule has 1 aliphatic rings. The van der Waals surface area contributed by atoms with E-state index in [2.05, 4.69) is 10.6 Å². The summed E-state index contributed by atoms with van der Waals surface area (Å²) in [7, 11) is 0. The Balaban J connectivity index is 2.58. The van der Waals surface area contributed by atoms with Gasteiger partial charge in [0.25, 0.3) is 0 Å². The largest absolute Gasteiger partial charge is 0.481 e. The standard InChI is InChI=1S/C12H21N3O5/c1-11(2,8(13)16)15-10(19)14-7-12(9(17)18)3-5-20-6-4-12/h3-7H2,1-2H3,(H2,13,16)(H,17,18)(H2,14,15,19). The maximum Gasteiger partial charge on any atom is 0.315 e. The van der Waals surface area contributed by atoms with E-state index >= 15 is 0 Å². The second kappa shape index (κ2) is 6.08. The van der Waals surface area contributed by atoms with E-state index in [1.165, 1.54) is 13.8 Å². The average Bonchev–Trinajstić information content (AvgIpc) is 2.36. The normalized spacial score (nSPS) is 18.1. The first-order valence-corrected chi connectivity index (χ1v) is 6.37. The van der Waals surface area contributed by atoms with E-state index in [4.69, 9.17) is 10.5 Å². The number of hydrogen-bond acceptors (Lipinski definition) is 4. The topological polar surface area (TPSA) is 131 Å². The van der Waals surface area contributed by atoms with Crippen LogP contribution >= 0.6 is 0 Å². The lowest BCUT2D eigenvalue weighted by atomic mass is 9.80. The molecule has 1 heterocycles. The van der Waals surface area contributed by atoms with Gasteiger partial charge in [-0.05, 0) is 26.7 Å². The number of aliphatic carboxylic acids is 1. The minimum absolute atomic E-state index is 0.0215. The quantitative estimate of drug-likeness (QED) is 0.538. The Hall–Kier alpha value is -1.83. The number of ether oxygens (including phenoxy) is 1. The summed E-state index contributed by atoms with van der Waals surface area (Å²) in [6.07, 6.45) is 0.670. The summed E-state index contributed by atoms with van der Waals surface area (Å²) >= 11 is 0. The molecule has 1 saturated heterocycles. The fourth-order valence-electron chi connectivity index (χ4n) is 1.87. The summed E-state index contributed by atoms with van der Waals surface area (Å²) in [4.78, 5) is 34.2. The highest BCUT2D eigenvalue weighted by atomic mass is 16.5. The van der Waals surface area contributed by atoms with Gasteiger partial charge in [-0.2, -0.15) is 0 Å². The fraction of sp³-hybridized carbons (Fsp3) is 0.750. The van der Waals surface area contributed by atoms with Crippen LogP contribution in [-0.2, 0) is 14.3 Å². The minimum Gasteiger partial charge on any atom is -0.481 e. The molecule has 0 spiro atoms. The second-order valence-corrected chi connectivity index (χ2v) is 5.49. The summed E-state index contributed by atoms with van der Waals surface area (Å²) in [6, 6.07) is -0.624. The van der Waals surface area contributed by atoms with Gasteiger partial charge in [0, 0.05) is 19.8 Å². The maximum absolute atomic E-state index is 11.7. The zero-order chi connectivity index (χ0) is 15.4. The molecule has 0 bridgehead atoms. The monoisotopic (exact) mass is 287 g/mol. The van der Waals surface area contributed by atoms with Gasteiger partial charge in [0.15, 0.2) is 0 Å². The van der Waals surface area contributed by atoms with Crippen LogP contribution in [0.25, 0.3) is 0 Å². The maximum atomic E-state index is 11.7. The number of hydrogen-bond donors (Lipinski definition) is 4. The molecule has 0 aliphatic carbocycles. The Morgan fingerprint density at radius 1 is 1.30 bits per heavy atom. The van der Waals surface area contributed by atoms with E-state index in [0.29, 0.717) is 26.1 Å². The summed E-state index contributed by atoms with van der Waals surface area (Å²) in [5.74, 6) is -1.64. The van der Waals surface area contributed by atoms with Crippen LogP contribution in [0.3, 0.4) is 0 Å². The van der Waals surface area contributed by atoms with Crippen molar-refractivity contribution in [2.75, 3.05) is 19.8 Å². The van der Waals surface area contributed by atoms with Gasteiger partial charge < -0.3 is 26.2 Å². The number of urea groups is 1. The molecule has 8 heteroatoms. The van der Waals surface area contributed by atoms with Crippen LogP contribution in [0, 0.1) is 5.41 Å². The zero-order valence-corrected chi connectivity index (χ0v) is 11.7. The molecular formula is C12H21N3O5. The van der Waals surface area contributed by atoms with Gasteiger partial charge in [-0.25, -0.2) is 4.79 Å². The first-order valence-electron chi connectivity index (χ1n) is 6.37. The number of rotatable bonds is 5. The van der Waals surface area contributed by atoms with E-state index in [1.807, 2.05) is 0 Å². The van der Waals surface area contributed by atoms with Crippen LogP contribution in [0.2, 0.25) is 0 Å². The second-order valence-electron chi connectivity index (χ2n) is 5.49. The zero-order valence-electron chi connectivity index (χ0n) is 11.7. The molecule has 0 saturated carbocycles. The highest BCUT2D eigenvalue weighted by Crippen LogP contribution is 2.30. The minimum atomic E-state index is -1.20. The third-order valence-electron chi connectivity index (χ3n) is 3.53. The summed E-state index contributed by atoms with van der Waals surface area (Å²) in [6.45, 7) is 3.61. The predicted octanol–water partition coefficient (Wildman–Crippen LogP) is -0.569. The number of nitrogens with two attached hydrogens (primary N) is 1. The van der Waals surface area contributed by atoms with Crippen LogP contribution in [0.5, 0.6) is 0 Å². The average molecular weight is 287 g/mol. The van der Waals surface area contributed by atoms with Crippen LogP contribution in [0.1, 0.15) is 26.7 Å². The summed E-state index contributed by atoms with van der Waals surface area (Å²) in [5, 5.41) is 14.2. The third-order valence-corrected chi connectivity index (χ3v) is 3.53. The molecule has 0 aromatic carbocycles. The van der Waals surface area contributed by atoms with Crippen molar-refractivity contribution in [1.82, 2.24) is 10.6 Å². The Bertz CT molecular complexity index is 402. The number of carbonyl (C=O) groups is 3. The lowest BCUT2D eigenvalue weighted by Gasteiger charge is -2.33. The van der Waals surface area contributed by atoms with E-state index in [-0.39, 0.29) is 6.54 Å². The number of carboxylic acid groups (broad SMARTS) is 1. The molecule has 0 aromatic heterocycles. The SMILES string of the molecule is CC(C)(NC(=O)NCC1(C(=O)O)CCOCC1)C(N)=O. The molecule has 8 nitrogen and oxygen atoms in total. The molecule has 0 radical (unpaired) electrons. The molecule has 114 valence electrons. The molecule has 20 heavy (non-hydrogen) atoms. The highest BCUT2D eigenvalue weighted by Gasteiger charge is 2.40. The predicted molar refractivity (Wildman–Crippen MR) is 69.9 cm³/mol. The van der Waals surface area contributed by atoms with Crippen molar-refractivity contribution in [3.8, 4) is 0 Å². The summed E-state index contributed by atoms with van der Waals surface area (Å²) < 4.78 is 5.14. The van der Waals surface area contributed by atoms with Gasteiger partial charge >= 0.3 is 12.0 Å². The molecule has 3 amide bonds. The van der Waals surface area contributed by atoms with Gasteiger partial charge in [0.1, 0.15) is 5.54 Å². The lowest BCUT2D eigenvalue weighted by Crippen LogP contribution is -2.57. The number of amides is 3. The van der Waals surface area contributed by atoms with Gasteiger partial charge in [-0.1, -0.05) is 0 Å². The van der Waals surface area contributed by atoms with Crippen molar-refractivity contribution in [1.29, 1.82) is 0 Å². The van der Waals surface area contributed by atoms with Gasteiger partial charge in [-0.15, -0.1) is 0 Å². The van der Waals surface area contributed by atoms with Gasteiger partial charge in [0.05, 0.1) is 5.41 Å². The third kappa shape index (κ3) is 3.83. The van der Waals surface area contributed by atoms with E-state index in [1.54, 1.807) is 0 Å². The first kappa shape index (κ1) is 16.2. The molecule has 1 aliphatic heterocycles. The van der Waals surface area contributed by atoms with Crippen molar-refractivity contribution in [3.05, 3.63) is 0 Å². The van der Waals surface area contributed by atoms with E-state index in [9.17, 15) is 19.5 Å². The number of carboxylic acids is 1. The summed E-state index contributed by atoms with van der Waals surface area (Å²) in [5.41, 5.74) is 2.92. The van der Waals surface area contributed by atoms with Crippen molar-refractivity contribution in [2.24, 2.45) is 11.1 Å². The van der Waals surface area contributed by atoms with Crippen molar-refractivity contribution in [2.45, 2.75) is 32.2 Å². The number of nitrogens with one attached hydrogen (secondary N) is 2. The van der Waals surface area contributed by atoms with E-state index in [0.717, 1.165) is 0 Å². The van der Waals surface area contributed by atoms with Crippen molar-refractivity contribution >= 4 is 17.9 Å². The molecule has 0 aromatic rings. The van der Waals surface area contributed by atoms with Gasteiger partial charge in [-0.3, -0.25) is 9.59 Å². The lowest BCUT2D eigenvalue weighted by molar-refractivity contribution is -0.154.